The second kappa shape index (κ2) is 8.03. The molecule has 2 N–H and O–H groups in total. The van der Waals surface area contributed by atoms with E-state index in [1.807, 2.05) is 12.1 Å². The highest BCUT2D eigenvalue weighted by atomic mass is 32.2. The predicted molar refractivity (Wildman–Crippen MR) is 99.3 cm³/mol. The van der Waals surface area contributed by atoms with Gasteiger partial charge in [-0.15, -0.1) is 0 Å². The highest BCUT2D eigenvalue weighted by Gasteiger charge is 2.34. The molecule has 9 heteroatoms. The molecule has 0 aliphatic carbocycles. The highest BCUT2D eigenvalue weighted by molar-refractivity contribution is 7.92. The second-order valence-corrected chi connectivity index (χ2v) is 8.11. The number of ether oxygens (including phenoxy) is 1. The van der Waals surface area contributed by atoms with Crippen molar-refractivity contribution in [3.05, 3.63) is 59.9 Å². The van der Waals surface area contributed by atoms with Crippen LogP contribution in [0.2, 0.25) is 0 Å². The normalized spacial score (nSPS) is 19.0. The van der Waals surface area contributed by atoms with Crippen molar-refractivity contribution in [3.63, 3.8) is 0 Å². The summed E-state index contributed by atoms with van der Waals surface area (Å²) in [4.78, 5) is 18.1. The van der Waals surface area contributed by atoms with Crippen LogP contribution in [0, 0.1) is 0 Å². The Balaban J connectivity index is 1.78. The van der Waals surface area contributed by atoms with Gasteiger partial charge in [-0.3, -0.25) is 14.5 Å². The molecular weight excluding hydrogens is 370 g/mol. The van der Waals surface area contributed by atoms with Crippen molar-refractivity contribution in [1.82, 2.24) is 9.88 Å². The molecule has 27 heavy (non-hydrogen) atoms. The lowest BCUT2D eigenvalue weighted by Crippen LogP contribution is -2.51. The smallest absolute Gasteiger partial charge is 0.249 e. The van der Waals surface area contributed by atoms with Gasteiger partial charge in [-0.25, -0.2) is 8.42 Å². The number of rotatable bonds is 6. The summed E-state index contributed by atoms with van der Waals surface area (Å²) in [5.41, 5.74) is 1.68. The maximum atomic E-state index is 12.3. The number of amides is 1. The zero-order valence-corrected chi connectivity index (χ0v) is 15.6. The molecule has 0 spiro atoms. The number of anilines is 1. The standard InChI is InChI=1S/C18H21N3O5S/c1-27(24,25)20-14-7-5-13(6-8-14)18(23)16-11-26-12-17(22)21(16)10-15-4-2-3-9-19-15/h2-9,16,18,20,23H,10-12H2,1H3. The summed E-state index contributed by atoms with van der Waals surface area (Å²) >= 11 is 0. The minimum Gasteiger partial charge on any atom is -0.386 e. The summed E-state index contributed by atoms with van der Waals surface area (Å²) in [5, 5.41) is 10.8. The Morgan fingerprint density at radius 3 is 2.67 bits per heavy atom. The van der Waals surface area contributed by atoms with Crippen LogP contribution >= 0.6 is 0 Å². The first-order valence-electron chi connectivity index (χ1n) is 8.36. The number of pyridine rings is 1. The Morgan fingerprint density at radius 1 is 1.30 bits per heavy atom. The van der Waals surface area contributed by atoms with Crippen LogP contribution in [0.25, 0.3) is 0 Å². The third kappa shape index (κ3) is 5.03. The van der Waals surface area contributed by atoms with E-state index in [1.54, 1.807) is 41.4 Å². The van der Waals surface area contributed by atoms with E-state index in [4.69, 9.17) is 4.74 Å². The quantitative estimate of drug-likeness (QED) is 0.758. The van der Waals surface area contributed by atoms with Crippen molar-refractivity contribution in [1.29, 1.82) is 0 Å². The van der Waals surface area contributed by atoms with Crippen molar-refractivity contribution in [2.24, 2.45) is 0 Å². The number of carbonyl (C=O) groups excluding carboxylic acids is 1. The number of aliphatic hydroxyl groups excluding tert-OH is 1. The summed E-state index contributed by atoms with van der Waals surface area (Å²) in [6.07, 6.45) is 1.74. The largest absolute Gasteiger partial charge is 0.386 e. The molecular formula is C18H21N3O5S. The molecule has 1 amide bonds. The molecule has 0 saturated carbocycles. The molecule has 0 bridgehead atoms. The molecule has 2 heterocycles. The lowest BCUT2D eigenvalue weighted by atomic mass is 10.00. The van der Waals surface area contributed by atoms with E-state index in [2.05, 4.69) is 9.71 Å². The van der Waals surface area contributed by atoms with Gasteiger partial charge in [0.1, 0.15) is 12.7 Å². The van der Waals surface area contributed by atoms with Crippen LogP contribution in [0.15, 0.2) is 48.7 Å². The molecule has 2 atom stereocenters. The third-order valence-electron chi connectivity index (χ3n) is 4.21. The molecule has 0 radical (unpaired) electrons. The first kappa shape index (κ1) is 19.3. The number of hydrogen-bond acceptors (Lipinski definition) is 6. The summed E-state index contributed by atoms with van der Waals surface area (Å²) < 4.78 is 30.3. The Labute approximate surface area is 157 Å². The Bertz CT molecular complexity index is 887. The lowest BCUT2D eigenvalue weighted by Gasteiger charge is -2.38. The second-order valence-electron chi connectivity index (χ2n) is 6.37. The van der Waals surface area contributed by atoms with Gasteiger partial charge in [0, 0.05) is 11.9 Å². The molecule has 2 unspecified atom stereocenters. The van der Waals surface area contributed by atoms with Gasteiger partial charge in [-0.2, -0.15) is 0 Å². The predicted octanol–water partition coefficient (Wildman–Crippen LogP) is 0.914. The molecule has 8 nitrogen and oxygen atoms in total. The number of hydrogen-bond donors (Lipinski definition) is 2. The number of nitrogens with zero attached hydrogens (tertiary/aromatic N) is 2. The van der Waals surface area contributed by atoms with Crippen molar-refractivity contribution in [3.8, 4) is 0 Å². The number of aliphatic hydroxyl groups is 1. The fourth-order valence-electron chi connectivity index (χ4n) is 2.94. The van der Waals surface area contributed by atoms with Gasteiger partial charge in [0.2, 0.25) is 15.9 Å². The van der Waals surface area contributed by atoms with Gasteiger partial charge >= 0.3 is 0 Å². The number of nitrogens with one attached hydrogen (secondary N) is 1. The maximum absolute atomic E-state index is 12.3. The molecule has 1 aliphatic rings. The Hall–Kier alpha value is -2.49. The Kier molecular flexibility index (Phi) is 5.73. The van der Waals surface area contributed by atoms with E-state index in [9.17, 15) is 18.3 Å². The van der Waals surface area contributed by atoms with Crippen molar-refractivity contribution in [2.75, 3.05) is 24.2 Å². The molecule has 1 fully saturated rings. The summed E-state index contributed by atoms with van der Waals surface area (Å²) in [7, 11) is -3.37. The van der Waals surface area contributed by atoms with E-state index in [0.29, 0.717) is 11.3 Å². The minimum absolute atomic E-state index is 0.0345. The van der Waals surface area contributed by atoms with E-state index >= 15 is 0 Å². The molecule has 1 saturated heterocycles. The SMILES string of the molecule is CS(=O)(=O)Nc1ccc(C(O)C2COCC(=O)N2Cc2ccccn2)cc1. The van der Waals surface area contributed by atoms with Crippen LogP contribution in [-0.2, 0) is 26.1 Å². The van der Waals surface area contributed by atoms with Crippen LogP contribution in [0.4, 0.5) is 5.69 Å². The molecule has 1 aromatic carbocycles. The van der Waals surface area contributed by atoms with Gasteiger partial charge in [0.25, 0.3) is 0 Å². The van der Waals surface area contributed by atoms with E-state index < -0.39 is 22.2 Å². The van der Waals surface area contributed by atoms with Crippen LogP contribution < -0.4 is 4.72 Å². The zero-order chi connectivity index (χ0) is 19.4. The summed E-state index contributed by atoms with van der Waals surface area (Å²) in [5.74, 6) is -0.216. The van der Waals surface area contributed by atoms with Gasteiger partial charge < -0.3 is 14.7 Å². The van der Waals surface area contributed by atoms with Crippen LogP contribution in [-0.4, -0.2) is 54.8 Å². The number of sulfonamides is 1. The minimum atomic E-state index is -3.37. The lowest BCUT2D eigenvalue weighted by molar-refractivity contribution is -0.155. The maximum Gasteiger partial charge on any atom is 0.249 e. The first-order chi connectivity index (χ1) is 12.8. The topological polar surface area (TPSA) is 109 Å². The van der Waals surface area contributed by atoms with Crippen LogP contribution in [0.3, 0.4) is 0 Å². The van der Waals surface area contributed by atoms with Gasteiger partial charge in [-0.1, -0.05) is 18.2 Å². The van der Waals surface area contributed by atoms with Crippen LogP contribution in [0.5, 0.6) is 0 Å². The molecule has 2 aromatic rings. The summed E-state index contributed by atoms with van der Waals surface area (Å²) in [6.45, 7) is 0.439. The average molecular weight is 391 g/mol. The zero-order valence-electron chi connectivity index (χ0n) is 14.8. The number of benzene rings is 1. The fourth-order valence-corrected chi connectivity index (χ4v) is 3.51. The van der Waals surface area contributed by atoms with Crippen molar-refractivity contribution >= 4 is 21.6 Å². The van der Waals surface area contributed by atoms with Crippen molar-refractivity contribution in [2.45, 2.75) is 18.7 Å². The van der Waals surface area contributed by atoms with Gasteiger partial charge in [0.05, 0.1) is 31.1 Å². The number of aromatic nitrogens is 1. The van der Waals surface area contributed by atoms with Gasteiger partial charge in [-0.05, 0) is 29.8 Å². The monoisotopic (exact) mass is 391 g/mol. The number of carbonyl (C=O) groups is 1. The molecule has 1 aliphatic heterocycles. The average Bonchev–Trinajstić information content (AvgIpc) is 2.63. The van der Waals surface area contributed by atoms with E-state index in [0.717, 1.165) is 11.9 Å². The van der Waals surface area contributed by atoms with Crippen LogP contribution in [0.1, 0.15) is 17.4 Å². The first-order valence-corrected chi connectivity index (χ1v) is 10.3. The third-order valence-corrected chi connectivity index (χ3v) is 4.82. The molecule has 144 valence electrons. The summed E-state index contributed by atoms with van der Waals surface area (Å²) in [6, 6.07) is 11.3. The number of morpholine rings is 1. The van der Waals surface area contributed by atoms with Gasteiger partial charge in [0.15, 0.2) is 0 Å². The molecule has 1 aromatic heterocycles. The van der Waals surface area contributed by atoms with E-state index in [1.165, 1.54) is 0 Å². The van der Waals surface area contributed by atoms with Crippen molar-refractivity contribution < 1.29 is 23.1 Å². The Morgan fingerprint density at radius 2 is 2.04 bits per heavy atom. The highest BCUT2D eigenvalue weighted by Crippen LogP contribution is 2.26. The van der Waals surface area contributed by atoms with E-state index in [-0.39, 0.29) is 25.7 Å². The fraction of sp³-hybridized carbons (Fsp3) is 0.333. The molecule has 3 rings (SSSR count).